The van der Waals surface area contributed by atoms with Crippen molar-refractivity contribution in [3.8, 4) is 11.8 Å². The number of amides is 1. The third-order valence-corrected chi connectivity index (χ3v) is 4.28. The van der Waals surface area contributed by atoms with Crippen LogP contribution >= 0.6 is 11.3 Å². The third kappa shape index (κ3) is 3.14. The highest BCUT2D eigenvalue weighted by atomic mass is 32.1. The van der Waals surface area contributed by atoms with Crippen LogP contribution in [0.25, 0.3) is 10.2 Å². The van der Waals surface area contributed by atoms with E-state index in [2.05, 4.69) is 16.4 Å². The highest BCUT2D eigenvalue weighted by Gasteiger charge is 2.31. The molecule has 1 aromatic carbocycles. The van der Waals surface area contributed by atoms with Gasteiger partial charge in [-0.3, -0.25) is 4.79 Å². The molecule has 0 fully saturated rings. The van der Waals surface area contributed by atoms with E-state index in [1.807, 2.05) is 32.0 Å². The molecule has 6 heteroatoms. The average Bonchev–Trinajstić information content (AvgIpc) is 2.88. The van der Waals surface area contributed by atoms with E-state index in [0.29, 0.717) is 18.2 Å². The molecule has 5 nitrogen and oxygen atoms in total. The third-order valence-electron chi connectivity index (χ3n) is 3.35. The molecule has 1 amide bonds. The van der Waals surface area contributed by atoms with E-state index in [1.54, 1.807) is 6.92 Å². The molecule has 0 saturated carbocycles. The van der Waals surface area contributed by atoms with Gasteiger partial charge < -0.3 is 10.1 Å². The van der Waals surface area contributed by atoms with Gasteiger partial charge in [0.2, 0.25) is 5.91 Å². The molecule has 2 aromatic rings. The van der Waals surface area contributed by atoms with Crippen LogP contribution in [0.5, 0.6) is 5.75 Å². The van der Waals surface area contributed by atoms with Crippen LogP contribution < -0.4 is 10.1 Å². The fraction of sp³-hybridized carbons (Fsp3) is 0.400. The molecule has 0 aliphatic carbocycles. The Hall–Kier alpha value is -2.13. The van der Waals surface area contributed by atoms with Gasteiger partial charge in [-0.2, -0.15) is 5.26 Å². The smallest absolute Gasteiger partial charge is 0.246 e. The first kappa shape index (κ1) is 15.3. The molecule has 2 rings (SSSR count). The predicted octanol–water partition coefficient (Wildman–Crippen LogP) is 3.57. The van der Waals surface area contributed by atoms with Crippen LogP contribution in [0.2, 0.25) is 0 Å². The van der Waals surface area contributed by atoms with Crippen LogP contribution in [0.15, 0.2) is 18.2 Å². The van der Waals surface area contributed by atoms with Gasteiger partial charge in [0.1, 0.15) is 11.2 Å². The second kappa shape index (κ2) is 6.10. The normalized spacial score (nSPS) is 13.4. The molecule has 1 heterocycles. The number of ether oxygens (including phenoxy) is 1. The maximum atomic E-state index is 12.2. The van der Waals surface area contributed by atoms with Crippen molar-refractivity contribution in [3.05, 3.63) is 18.2 Å². The molecule has 0 spiro atoms. The number of aromatic nitrogens is 1. The summed E-state index contributed by atoms with van der Waals surface area (Å²) in [5.74, 6) is 0.457. The summed E-state index contributed by atoms with van der Waals surface area (Å²) in [5.41, 5.74) is -0.233. The first-order valence-corrected chi connectivity index (χ1v) is 7.60. The van der Waals surface area contributed by atoms with E-state index in [1.165, 1.54) is 11.3 Å². The Kier molecular flexibility index (Phi) is 4.43. The number of carbonyl (C=O) groups excluding carboxylic acids is 1. The minimum absolute atomic E-state index is 0.323. The lowest BCUT2D eigenvalue weighted by molar-refractivity contribution is -0.122. The van der Waals surface area contributed by atoms with Gasteiger partial charge in [0.15, 0.2) is 5.13 Å². The van der Waals surface area contributed by atoms with Gasteiger partial charge in [-0.05, 0) is 38.5 Å². The highest BCUT2D eigenvalue weighted by Crippen LogP contribution is 2.30. The molecule has 21 heavy (non-hydrogen) atoms. The topological polar surface area (TPSA) is 75.0 Å². The summed E-state index contributed by atoms with van der Waals surface area (Å²) >= 11 is 1.37. The molecule has 110 valence electrons. The molecule has 0 aliphatic heterocycles. The van der Waals surface area contributed by atoms with Crippen LogP contribution in [0.1, 0.15) is 27.2 Å². The minimum atomic E-state index is -1.03. The van der Waals surface area contributed by atoms with Crippen LogP contribution in [0.3, 0.4) is 0 Å². The molecule has 0 bridgehead atoms. The number of fused-ring (bicyclic) bond motifs is 1. The molecular weight excluding hydrogens is 286 g/mol. The number of nitrogens with one attached hydrogen (secondary N) is 1. The van der Waals surface area contributed by atoms with Gasteiger partial charge in [0, 0.05) is 0 Å². The largest absolute Gasteiger partial charge is 0.494 e. The number of carbonyl (C=O) groups is 1. The number of nitriles is 1. The van der Waals surface area contributed by atoms with Crippen molar-refractivity contribution in [1.82, 2.24) is 4.98 Å². The molecule has 1 N–H and O–H groups in total. The van der Waals surface area contributed by atoms with Crippen molar-refractivity contribution in [2.45, 2.75) is 27.2 Å². The monoisotopic (exact) mass is 303 g/mol. The predicted molar refractivity (Wildman–Crippen MR) is 83.4 cm³/mol. The molecular formula is C15H17N3O2S. The van der Waals surface area contributed by atoms with Crippen molar-refractivity contribution >= 4 is 32.6 Å². The van der Waals surface area contributed by atoms with Crippen LogP contribution in [0, 0.1) is 16.7 Å². The Bertz CT molecular complexity index is 704. The zero-order chi connectivity index (χ0) is 15.5. The lowest BCUT2D eigenvalue weighted by Gasteiger charge is -2.16. The Morgan fingerprint density at radius 2 is 2.29 bits per heavy atom. The summed E-state index contributed by atoms with van der Waals surface area (Å²) < 4.78 is 6.38. The fourth-order valence-electron chi connectivity index (χ4n) is 1.74. The van der Waals surface area contributed by atoms with E-state index >= 15 is 0 Å². The molecule has 1 atom stereocenters. The van der Waals surface area contributed by atoms with E-state index in [9.17, 15) is 4.79 Å². The van der Waals surface area contributed by atoms with Crippen molar-refractivity contribution in [2.75, 3.05) is 11.9 Å². The average molecular weight is 303 g/mol. The summed E-state index contributed by atoms with van der Waals surface area (Å²) in [6, 6.07) is 7.66. The van der Waals surface area contributed by atoms with E-state index in [0.717, 1.165) is 16.0 Å². The number of rotatable bonds is 5. The van der Waals surface area contributed by atoms with Crippen molar-refractivity contribution < 1.29 is 9.53 Å². The number of anilines is 1. The number of benzene rings is 1. The van der Waals surface area contributed by atoms with Gasteiger partial charge in [-0.25, -0.2) is 4.98 Å². The van der Waals surface area contributed by atoms with Gasteiger partial charge in [0.05, 0.1) is 22.9 Å². The molecule has 1 aromatic heterocycles. The summed E-state index contributed by atoms with van der Waals surface area (Å²) in [5, 5.41) is 12.4. The summed E-state index contributed by atoms with van der Waals surface area (Å²) in [6.07, 6.45) is 0.453. The van der Waals surface area contributed by atoms with Crippen LogP contribution in [0.4, 0.5) is 5.13 Å². The standard InChI is InChI=1S/C15H17N3O2S/c1-4-15(3,9-16)13(19)18-14-17-11-7-6-10(20-5-2)8-12(11)21-14/h6-8H,4-5H2,1-3H3,(H,17,18,19). The molecule has 0 saturated heterocycles. The van der Waals surface area contributed by atoms with Crippen LogP contribution in [-0.2, 0) is 4.79 Å². The number of nitrogens with zero attached hydrogens (tertiary/aromatic N) is 2. The van der Waals surface area contributed by atoms with Crippen LogP contribution in [-0.4, -0.2) is 17.5 Å². The highest BCUT2D eigenvalue weighted by molar-refractivity contribution is 7.22. The van der Waals surface area contributed by atoms with E-state index in [4.69, 9.17) is 10.00 Å². The van der Waals surface area contributed by atoms with E-state index < -0.39 is 5.41 Å². The number of hydrogen-bond acceptors (Lipinski definition) is 5. The number of hydrogen-bond donors (Lipinski definition) is 1. The maximum Gasteiger partial charge on any atom is 0.246 e. The SMILES string of the molecule is CCOc1ccc2nc(NC(=O)C(C)(C#N)CC)sc2c1. The fourth-order valence-corrected chi connectivity index (χ4v) is 2.63. The molecule has 0 aliphatic rings. The first-order chi connectivity index (χ1) is 10.0. The van der Waals surface area contributed by atoms with Gasteiger partial charge in [-0.1, -0.05) is 18.3 Å². The van der Waals surface area contributed by atoms with Crippen molar-refractivity contribution in [2.24, 2.45) is 5.41 Å². The summed E-state index contributed by atoms with van der Waals surface area (Å²) in [4.78, 5) is 16.5. The minimum Gasteiger partial charge on any atom is -0.494 e. The van der Waals surface area contributed by atoms with E-state index in [-0.39, 0.29) is 5.91 Å². The maximum absolute atomic E-state index is 12.2. The Morgan fingerprint density at radius 1 is 1.52 bits per heavy atom. The summed E-state index contributed by atoms with van der Waals surface area (Å²) in [7, 11) is 0. The number of thiazole rings is 1. The zero-order valence-electron chi connectivity index (χ0n) is 12.3. The van der Waals surface area contributed by atoms with Gasteiger partial charge in [0.25, 0.3) is 0 Å². The zero-order valence-corrected chi connectivity index (χ0v) is 13.1. The Labute approximate surface area is 127 Å². The lowest BCUT2D eigenvalue weighted by atomic mass is 9.88. The Balaban J connectivity index is 2.24. The molecule has 1 unspecified atom stereocenters. The van der Waals surface area contributed by atoms with Gasteiger partial charge in [-0.15, -0.1) is 0 Å². The summed E-state index contributed by atoms with van der Waals surface area (Å²) in [6.45, 7) is 5.97. The second-order valence-corrected chi connectivity index (χ2v) is 5.86. The lowest BCUT2D eigenvalue weighted by Crippen LogP contribution is -2.31. The molecule has 0 radical (unpaired) electrons. The first-order valence-electron chi connectivity index (χ1n) is 6.78. The van der Waals surface area contributed by atoms with Crippen molar-refractivity contribution in [1.29, 1.82) is 5.26 Å². The Morgan fingerprint density at radius 3 is 2.90 bits per heavy atom. The van der Waals surface area contributed by atoms with Crippen molar-refractivity contribution in [3.63, 3.8) is 0 Å². The quantitative estimate of drug-likeness (QED) is 0.916. The van der Waals surface area contributed by atoms with Gasteiger partial charge >= 0.3 is 0 Å². The second-order valence-electron chi connectivity index (χ2n) is 4.83.